The molecule has 1 saturated heterocycles. The molecule has 8 nitrogen and oxygen atoms in total. The standard InChI is InChI=1S/C23H29N5O3S3/c1-26-8-10-28(11-9-26)20(29)14-17-15-24-23(33-17)18-13-16-5-3-6-19(22(16)25-18)27(2)34(30,31)21-7-4-12-32-21/h3-7,12,17-18,25H,8-11,13-15H2,1-2H3. The highest BCUT2D eigenvalue weighted by molar-refractivity contribution is 8.15. The minimum absolute atomic E-state index is 0.00253. The second-order valence-corrected chi connectivity index (χ2v) is 13.4. The zero-order valence-corrected chi connectivity index (χ0v) is 21.8. The number of hydrogen-bond donors (Lipinski definition) is 1. The average Bonchev–Trinajstić information content (AvgIpc) is 3.59. The molecule has 1 aromatic heterocycles. The Hall–Kier alpha value is -2.08. The summed E-state index contributed by atoms with van der Waals surface area (Å²) in [4.78, 5) is 21.7. The fourth-order valence-electron chi connectivity index (χ4n) is 4.57. The number of amides is 1. The molecule has 11 heteroatoms. The first-order valence-electron chi connectivity index (χ1n) is 11.4. The maximum Gasteiger partial charge on any atom is 0.273 e. The first kappa shape index (κ1) is 23.7. The molecular weight excluding hydrogens is 490 g/mol. The normalized spacial score (nSPS) is 22.9. The highest BCUT2D eigenvalue weighted by atomic mass is 32.2. The minimum Gasteiger partial charge on any atom is -0.374 e. The molecule has 2 aromatic rings. The Kier molecular flexibility index (Phi) is 6.62. The Labute approximate surface area is 209 Å². The molecule has 34 heavy (non-hydrogen) atoms. The second-order valence-electron chi connectivity index (χ2n) is 8.92. The molecule has 2 unspecified atom stereocenters. The molecule has 2 atom stereocenters. The van der Waals surface area contributed by atoms with Gasteiger partial charge in [0.25, 0.3) is 10.0 Å². The number of anilines is 2. The summed E-state index contributed by atoms with van der Waals surface area (Å²) in [6.45, 7) is 4.09. The van der Waals surface area contributed by atoms with E-state index >= 15 is 0 Å². The second kappa shape index (κ2) is 9.52. The van der Waals surface area contributed by atoms with E-state index in [9.17, 15) is 13.2 Å². The Morgan fingerprint density at radius 2 is 2.00 bits per heavy atom. The lowest BCUT2D eigenvalue weighted by molar-refractivity contribution is -0.132. The summed E-state index contributed by atoms with van der Waals surface area (Å²) in [6.07, 6.45) is 1.26. The molecule has 0 radical (unpaired) electrons. The van der Waals surface area contributed by atoms with Crippen LogP contribution in [0.5, 0.6) is 0 Å². The number of rotatable bonds is 6. The first-order chi connectivity index (χ1) is 16.3. The third-order valence-electron chi connectivity index (χ3n) is 6.62. The number of sulfonamides is 1. The van der Waals surface area contributed by atoms with Crippen molar-refractivity contribution in [2.24, 2.45) is 4.99 Å². The monoisotopic (exact) mass is 519 g/mol. The Bertz CT molecular complexity index is 1190. The van der Waals surface area contributed by atoms with Crippen LogP contribution in [0.15, 0.2) is 44.9 Å². The zero-order valence-electron chi connectivity index (χ0n) is 19.3. The van der Waals surface area contributed by atoms with Crippen molar-refractivity contribution in [3.05, 3.63) is 41.3 Å². The lowest BCUT2D eigenvalue weighted by Crippen LogP contribution is -2.47. The van der Waals surface area contributed by atoms with Crippen molar-refractivity contribution in [2.45, 2.75) is 28.3 Å². The van der Waals surface area contributed by atoms with E-state index in [0.29, 0.717) is 22.9 Å². The Balaban J connectivity index is 1.23. The molecule has 3 aliphatic heterocycles. The van der Waals surface area contributed by atoms with Gasteiger partial charge in [-0.3, -0.25) is 14.1 Å². The maximum atomic E-state index is 13.1. The fraction of sp³-hybridized carbons (Fsp3) is 0.478. The summed E-state index contributed by atoms with van der Waals surface area (Å²) < 4.78 is 27.8. The van der Waals surface area contributed by atoms with Crippen molar-refractivity contribution in [2.75, 3.05) is 56.4 Å². The van der Waals surface area contributed by atoms with E-state index in [-0.39, 0.29) is 17.2 Å². The molecule has 0 saturated carbocycles. The molecule has 1 amide bonds. The van der Waals surface area contributed by atoms with E-state index in [1.807, 2.05) is 23.1 Å². The van der Waals surface area contributed by atoms with Crippen LogP contribution in [0.2, 0.25) is 0 Å². The van der Waals surface area contributed by atoms with Crippen molar-refractivity contribution in [1.29, 1.82) is 0 Å². The lowest BCUT2D eigenvalue weighted by atomic mass is 10.1. The Morgan fingerprint density at radius 3 is 2.74 bits per heavy atom. The van der Waals surface area contributed by atoms with Gasteiger partial charge in [0, 0.05) is 51.3 Å². The van der Waals surface area contributed by atoms with Gasteiger partial charge in [0.2, 0.25) is 5.91 Å². The Morgan fingerprint density at radius 1 is 1.21 bits per heavy atom. The number of benzene rings is 1. The molecule has 182 valence electrons. The van der Waals surface area contributed by atoms with Gasteiger partial charge in [0.15, 0.2) is 0 Å². The predicted molar refractivity (Wildman–Crippen MR) is 140 cm³/mol. The van der Waals surface area contributed by atoms with E-state index in [1.165, 1.54) is 15.6 Å². The number of thiophene rings is 1. The SMILES string of the molecule is CN1CCN(C(=O)CC2CN=C(C3Cc4cccc(N(C)S(=O)(=O)c5cccs5)c4N3)S2)CC1. The van der Waals surface area contributed by atoms with Crippen molar-refractivity contribution >= 4 is 55.4 Å². The summed E-state index contributed by atoms with van der Waals surface area (Å²) in [6, 6.07) is 9.15. The van der Waals surface area contributed by atoms with Gasteiger partial charge >= 0.3 is 0 Å². The van der Waals surface area contributed by atoms with Gasteiger partial charge in [-0.15, -0.1) is 23.1 Å². The van der Waals surface area contributed by atoms with E-state index < -0.39 is 10.0 Å². The topological polar surface area (TPSA) is 85.3 Å². The molecule has 1 aromatic carbocycles. The van der Waals surface area contributed by atoms with Crippen LogP contribution in [0.25, 0.3) is 0 Å². The summed E-state index contributed by atoms with van der Waals surface area (Å²) in [5, 5.41) is 6.46. The largest absolute Gasteiger partial charge is 0.374 e. The summed E-state index contributed by atoms with van der Waals surface area (Å²) in [7, 11) is 0.0722. The number of para-hydroxylation sites is 1. The number of nitrogens with zero attached hydrogens (tertiary/aromatic N) is 4. The van der Waals surface area contributed by atoms with Gasteiger partial charge in [-0.25, -0.2) is 8.42 Å². The van der Waals surface area contributed by atoms with Gasteiger partial charge in [0.05, 0.1) is 29.0 Å². The summed E-state index contributed by atoms with van der Waals surface area (Å²) in [5.74, 6) is 0.215. The van der Waals surface area contributed by atoms with Gasteiger partial charge < -0.3 is 15.1 Å². The van der Waals surface area contributed by atoms with E-state index in [0.717, 1.165) is 48.9 Å². The van der Waals surface area contributed by atoms with Crippen LogP contribution in [0.1, 0.15) is 12.0 Å². The molecule has 0 spiro atoms. The number of hydrogen-bond acceptors (Lipinski definition) is 8. The molecule has 3 aliphatic rings. The van der Waals surface area contributed by atoms with Crippen LogP contribution in [-0.4, -0.2) is 87.3 Å². The van der Waals surface area contributed by atoms with Gasteiger partial charge in [-0.2, -0.15) is 0 Å². The third kappa shape index (κ3) is 4.58. The number of piperazine rings is 1. The third-order valence-corrected chi connectivity index (χ3v) is 11.1. The molecule has 0 bridgehead atoms. The van der Waals surface area contributed by atoms with Crippen LogP contribution in [0.4, 0.5) is 11.4 Å². The fourth-order valence-corrected chi connectivity index (χ4v) is 8.11. The van der Waals surface area contributed by atoms with Crippen molar-refractivity contribution < 1.29 is 13.2 Å². The molecule has 4 heterocycles. The number of aliphatic imine (C=N–C) groups is 1. The average molecular weight is 520 g/mol. The highest BCUT2D eigenvalue weighted by Gasteiger charge is 2.35. The lowest BCUT2D eigenvalue weighted by Gasteiger charge is -2.32. The van der Waals surface area contributed by atoms with Crippen molar-refractivity contribution in [1.82, 2.24) is 9.80 Å². The first-order valence-corrected chi connectivity index (χ1v) is 14.6. The summed E-state index contributed by atoms with van der Waals surface area (Å²) in [5.41, 5.74) is 2.56. The quantitative estimate of drug-likeness (QED) is 0.632. The number of carbonyl (C=O) groups is 1. The minimum atomic E-state index is -3.61. The smallest absolute Gasteiger partial charge is 0.273 e. The van der Waals surface area contributed by atoms with Gasteiger partial charge in [-0.05, 0) is 30.1 Å². The molecular formula is C23H29N5O3S3. The molecule has 1 N–H and O–H groups in total. The van der Waals surface area contributed by atoms with Crippen molar-refractivity contribution in [3.8, 4) is 0 Å². The number of thioether (sulfide) groups is 1. The van der Waals surface area contributed by atoms with Gasteiger partial charge in [-0.1, -0.05) is 18.2 Å². The molecule has 0 aliphatic carbocycles. The highest BCUT2D eigenvalue weighted by Crippen LogP contribution is 2.40. The van der Waals surface area contributed by atoms with Gasteiger partial charge in [0.1, 0.15) is 4.21 Å². The number of fused-ring (bicyclic) bond motifs is 1. The van der Waals surface area contributed by atoms with Crippen molar-refractivity contribution in [3.63, 3.8) is 0 Å². The van der Waals surface area contributed by atoms with Crippen LogP contribution < -0.4 is 9.62 Å². The van der Waals surface area contributed by atoms with Crippen LogP contribution in [-0.2, 0) is 21.2 Å². The maximum absolute atomic E-state index is 13.1. The summed E-state index contributed by atoms with van der Waals surface area (Å²) >= 11 is 2.91. The number of likely N-dealkylation sites (N-methyl/N-ethyl adjacent to an activating group) is 1. The molecule has 1 fully saturated rings. The van der Waals surface area contributed by atoms with E-state index in [1.54, 1.807) is 36.3 Å². The predicted octanol–water partition coefficient (Wildman–Crippen LogP) is 2.59. The number of nitrogens with one attached hydrogen (secondary N) is 1. The number of carbonyl (C=O) groups excluding carboxylic acids is 1. The van der Waals surface area contributed by atoms with Crippen LogP contribution in [0, 0.1) is 0 Å². The zero-order chi connectivity index (χ0) is 23.9. The van der Waals surface area contributed by atoms with Crippen LogP contribution >= 0.6 is 23.1 Å². The van der Waals surface area contributed by atoms with E-state index in [2.05, 4.69) is 17.3 Å². The molecule has 5 rings (SSSR count). The van der Waals surface area contributed by atoms with Crippen LogP contribution in [0.3, 0.4) is 0 Å². The van der Waals surface area contributed by atoms with E-state index in [4.69, 9.17) is 4.99 Å².